The van der Waals surface area contributed by atoms with Crippen LogP contribution >= 0.6 is 0 Å². The highest BCUT2D eigenvalue weighted by atomic mass is 15.0. The molecule has 0 amide bonds. The quantitative estimate of drug-likeness (QED) is 0.758. The zero-order valence-corrected chi connectivity index (χ0v) is 12.4. The van der Waals surface area contributed by atoms with Crippen molar-refractivity contribution in [3.63, 3.8) is 0 Å². The molecule has 2 aliphatic rings. The van der Waals surface area contributed by atoms with Gasteiger partial charge in [0.25, 0.3) is 0 Å². The number of hydrogen-bond acceptors (Lipinski definition) is 2. The van der Waals surface area contributed by atoms with Crippen molar-refractivity contribution in [1.82, 2.24) is 10.6 Å². The molecule has 1 saturated carbocycles. The van der Waals surface area contributed by atoms with Gasteiger partial charge in [0.2, 0.25) is 0 Å². The number of rotatable bonds is 6. The third kappa shape index (κ3) is 3.71. The standard InChI is InChI=1S/C16H32N2/c1-3-13(4-2)12-18-16-9-6-5-8-14(16)15-10-7-11-17-15/h13-18H,3-12H2,1-2H3. The second kappa shape index (κ2) is 7.49. The third-order valence-corrected chi connectivity index (χ3v) is 5.26. The molecule has 0 radical (unpaired) electrons. The molecule has 1 aliphatic heterocycles. The van der Waals surface area contributed by atoms with Crippen LogP contribution in [0.15, 0.2) is 0 Å². The van der Waals surface area contributed by atoms with Crippen LogP contribution in [-0.2, 0) is 0 Å². The molecule has 1 saturated heterocycles. The Labute approximate surface area is 113 Å². The molecule has 106 valence electrons. The molecule has 3 unspecified atom stereocenters. The minimum absolute atomic E-state index is 0.787. The van der Waals surface area contributed by atoms with Crippen LogP contribution in [0.2, 0.25) is 0 Å². The van der Waals surface area contributed by atoms with Gasteiger partial charge in [0, 0.05) is 12.1 Å². The van der Waals surface area contributed by atoms with Gasteiger partial charge < -0.3 is 10.6 Å². The Morgan fingerprint density at radius 3 is 2.50 bits per heavy atom. The van der Waals surface area contributed by atoms with Crippen molar-refractivity contribution in [2.45, 2.75) is 77.3 Å². The summed E-state index contributed by atoms with van der Waals surface area (Å²) in [5.41, 5.74) is 0. The second-order valence-electron chi connectivity index (χ2n) is 6.35. The maximum Gasteiger partial charge on any atom is 0.0111 e. The van der Waals surface area contributed by atoms with E-state index in [4.69, 9.17) is 0 Å². The monoisotopic (exact) mass is 252 g/mol. The molecule has 0 aromatic carbocycles. The molecule has 3 atom stereocenters. The van der Waals surface area contributed by atoms with Gasteiger partial charge >= 0.3 is 0 Å². The van der Waals surface area contributed by atoms with Gasteiger partial charge in [-0.25, -0.2) is 0 Å². The van der Waals surface area contributed by atoms with Crippen molar-refractivity contribution < 1.29 is 0 Å². The number of nitrogens with one attached hydrogen (secondary N) is 2. The highest BCUT2D eigenvalue weighted by molar-refractivity contribution is 4.91. The van der Waals surface area contributed by atoms with E-state index >= 15 is 0 Å². The van der Waals surface area contributed by atoms with Crippen LogP contribution < -0.4 is 10.6 Å². The van der Waals surface area contributed by atoms with Crippen LogP contribution in [0.5, 0.6) is 0 Å². The van der Waals surface area contributed by atoms with E-state index in [2.05, 4.69) is 24.5 Å². The first-order valence-electron chi connectivity index (χ1n) is 8.31. The average molecular weight is 252 g/mol. The summed E-state index contributed by atoms with van der Waals surface area (Å²) in [6.07, 6.45) is 11.2. The topological polar surface area (TPSA) is 24.1 Å². The van der Waals surface area contributed by atoms with Gasteiger partial charge in [-0.15, -0.1) is 0 Å². The molecule has 2 heteroatoms. The predicted molar refractivity (Wildman–Crippen MR) is 78.8 cm³/mol. The molecule has 2 nitrogen and oxygen atoms in total. The fourth-order valence-corrected chi connectivity index (χ4v) is 3.87. The molecule has 1 heterocycles. The molecule has 2 rings (SSSR count). The molecule has 0 bridgehead atoms. The smallest absolute Gasteiger partial charge is 0.0111 e. The Bertz CT molecular complexity index is 219. The highest BCUT2D eigenvalue weighted by Gasteiger charge is 2.32. The first-order chi connectivity index (χ1) is 8.85. The van der Waals surface area contributed by atoms with Crippen LogP contribution in [0.25, 0.3) is 0 Å². The van der Waals surface area contributed by atoms with E-state index in [1.165, 1.54) is 64.5 Å². The van der Waals surface area contributed by atoms with Crippen molar-refractivity contribution >= 4 is 0 Å². The minimum Gasteiger partial charge on any atom is -0.314 e. The summed E-state index contributed by atoms with van der Waals surface area (Å²) in [7, 11) is 0. The van der Waals surface area contributed by atoms with Gasteiger partial charge in [-0.2, -0.15) is 0 Å². The van der Waals surface area contributed by atoms with Gasteiger partial charge in [0.15, 0.2) is 0 Å². The molecule has 0 aromatic rings. The summed E-state index contributed by atoms with van der Waals surface area (Å²) in [5, 5.41) is 7.64. The van der Waals surface area contributed by atoms with Crippen LogP contribution in [0.4, 0.5) is 0 Å². The molecule has 0 aromatic heterocycles. The molecule has 2 fully saturated rings. The van der Waals surface area contributed by atoms with Crippen molar-refractivity contribution in [3.8, 4) is 0 Å². The Morgan fingerprint density at radius 1 is 1.06 bits per heavy atom. The first-order valence-corrected chi connectivity index (χ1v) is 8.31. The molecular weight excluding hydrogens is 220 g/mol. The van der Waals surface area contributed by atoms with Crippen molar-refractivity contribution in [1.29, 1.82) is 0 Å². The molecule has 18 heavy (non-hydrogen) atoms. The van der Waals surface area contributed by atoms with Crippen molar-refractivity contribution in [2.75, 3.05) is 13.1 Å². The predicted octanol–water partition coefficient (Wildman–Crippen LogP) is 3.32. The lowest BCUT2D eigenvalue weighted by molar-refractivity contribution is 0.207. The molecule has 1 aliphatic carbocycles. The fourth-order valence-electron chi connectivity index (χ4n) is 3.87. The van der Waals surface area contributed by atoms with E-state index in [0.717, 1.165) is 23.9 Å². The lowest BCUT2D eigenvalue weighted by Gasteiger charge is -2.37. The Morgan fingerprint density at radius 2 is 1.83 bits per heavy atom. The van der Waals surface area contributed by atoms with Gasteiger partial charge in [0.05, 0.1) is 0 Å². The molecule has 2 N–H and O–H groups in total. The Kier molecular flexibility index (Phi) is 5.97. The normalized spacial score (nSPS) is 33.2. The van der Waals surface area contributed by atoms with Gasteiger partial charge in [-0.3, -0.25) is 0 Å². The average Bonchev–Trinajstić information content (AvgIpc) is 2.94. The van der Waals surface area contributed by atoms with Crippen LogP contribution in [0.1, 0.15) is 65.2 Å². The lowest BCUT2D eigenvalue weighted by atomic mass is 9.79. The maximum absolute atomic E-state index is 3.91. The van der Waals surface area contributed by atoms with E-state index < -0.39 is 0 Å². The van der Waals surface area contributed by atoms with Crippen LogP contribution in [0.3, 0.4) is 0 Å². The summed E-state index contributed by atoms with van der Waals surface area (Å²) >= 11 is 0. The second-order valence-corrected chi connectivity index (χ2v) is 6.35. The summed E-state index contributed by atoms with van der Waals surface area (Å²) in [5.74, 6) is 1.78. The SMILES string of the molecule is CCC(CC)CNC1CCCCC1C1CCCN1. The van der Waals surface area contributed by atoms with E-state index in [-0.39, 0.29) is 0 Å². The van der Waals surface area contributed by atoms with Crippen LogP contribution in [-0.4, -0.2) is 25.2 Å². The zero-order valence-electron chi connectivity index (χ0n) is 12.4. The number of hydrogen-bond donors (Lipinski definition) is 2. The highest BCUT2D eigenvalue weighted by Crippen LogP contribution is 2.30. The molecular formula is C16H32N2. The largest absolute Gasteiger partial charge is 0.314 e. The van der Waals surface area contributed by atoms with Gasteiger partial charge in [-0.1, -0.05) is 39.5 Å². The Hall–Kier alpha value is -0.0800. The van der Waals surface area contributed by atoms with Crippen LogP contribution in [0, 0.1) is 11.8 Å². The fraction of sp³-hybridized carbons (Fsp3) is 1.00. The van der Waals surface area contributed by atoms with E-state index in [1.807, 2.05) is 0 Å². The summed E-state index contributed by atoms with van der Waals surface area (Å²) in [6.45, 7) is 7.14. The zero-order chi connectivity index (χ0) is 12.8. The lowest BCUT2D eigenvalue weighted by Crippen LogP contribution is -2.48. The van der Waals surface area contributed by atoms with E-state index in [0.29, 0.717) is 0 Å². The van der Waals surface area contributed by atoms with Crippen molar-refractivity contribution in [2.24, 2.45) is 11.8 Å². The summed E-state index contributed by atoms with van der Waals surface area (Å²) in [6, 6.07) is 1.60. The summed E-state index contributed by atoms with van der Waals surface area (Å²) < 4.78 is 0. The molecule has 0 spiro atoms. The van der Waals surface area contributed by atoms with E-state index in [9.17, 15) is 0 Å². The third-order valence-electron chi connectivity index (χ3n) is 5.26. The van der Waals surface area contributed by atoms with Crippen molar-refractivity contribution in [3.05, 3.63) is 0 Å². The maximum atomic E-state index is 3.91. The van der Waals surface area contributed by atoms with Gasteiger partial charge in [0.1, 0.15) is 0 Å². The van der Waals surface area contributed by atoms with Gasteiger partial charge in [-0.05, 0) is 50.6 Å². The summed E-state index contributed by atoms with van der Waals surface area (Å²) in [4.78, 5) is 0. The van der Waals surface area contributed by atoms with E-state index in [1.54, 1.807) is 0 Å². The minimum atomic E-state index is 0.787. The first kappa shape index (κ1) is 14.3. The Balaban J connectivity index is 1.83.